The van der Waals surface area contributed by atoms with E-state index in [1.54, 1.807) is 12.1 Å². The molecule has 1 aromatic rings. The summed E-state index contributed by atoms with van der Waals surface area (Å²) in [6.45, 7) is 6.21. The Morgan fingerprint density at radius 3 is 1.73 bits per heavy atom. The van der Waals surface area contributed by atoms with Crippen molar-refractivity contribution in [3.63, 3.8) is 0 Å². The molecule has 2 N–H and O–H groups in total. The number of primary sulfonamides is 1. The molecule has 0 saturated heterocycles. The number of hydrogen-bond donors (Lipinski definition) is 1. The van der Waals surface area contributed by atoms with Gasteiger partial charge in [0.25, 0.3) is 0 Å². The monoisotopic (exact) mass is 253 g/mol. The van der Waals surface area contributed by atoms with Crippen molar-refractivity contribution >= 4 is 61.4 Å². The van der Waals surface area contributed by atoms with Gasteiger partial charge in [-0.1, -0.05) is 32.9 Å². The van der Waals surface area contributed by atoms with Crippen LogP contribution in [0.25, 0.3) is 0 Å². The molecular formula is C10H16KNO2S. The van der Waals surface area contributed by atoms with Gasteiger partial charge in [-0.15, -0.1) is 0 Å². The van der Waals surface area contributed by atoms with Crippen molar-refractivity contribution < 1.29 is 8.42 Å². The topological polar surface area (TPSA) is 60.2 Å². The molecule has 0 fully saturated rings. The fraction of sp³-hybridized carbons (Fsp3) is 0.400. The maximum absolute atomic E-state index is 11.0. The number of hydrogen-bond acceptors (Lipinski definition) is 2. The molecule has 15 heavy (non-hydrogen) atoms. The fourth-order valence-electron chi connectivity index (χ4n) is 1.14. The average Bonchev–Trinajstić information content (AvgIpc) is 2.01. The molecule has 1 rings (SSSR count). The molecule has 0 amide bonds. The van der Waals surface area contributed by atoms with Crippen LogP contribution in [0.5, 0.6) is 0 Å². The number of nitrogens with two attached hydrogens (primary N) is 1. The van der Waals surface area contributed by atoms with E-state index < -0.39 is 10.0 Å². The van der Waals surface area contributed by atoms with Gasteiger partial charge in [0, 0.05) is 0 Å². The van der Waals surface area contributed by atoms with Crippen molar-refractivity contribution in [1.29, 1.82) is 0 Å². The minimum absolute atomic E-state index is 0. The normalized spacial score (nSPS) is 12.0. The zero-order valence-electron chi connectivity index (χ0n) is 8.61. The molecule has 80 valence electrons. The van der Waals surface area contributed by atoms with Gasteiger partial charge in [0.05, 0.1) is 4.90 Å². The van der Waals surface area contributed by atoms with Crippen LogP contribution in [0.4, 0.5) is 0 Å². The Balaban J connectivity index is 0.00000196. The van der Waals surface area contributed by atoms with Crippen LogP contribution in [0.3, 0.4) is 0 Å². The average molecular weight is 253 g/mol. The Bertz CT molecular complexity index is 418. The summed E-state index contributed by atoms with van der Waals surface area (Å²) in [5.74, 6) is 0. The van der Waals surface area contributed by atoms with Gasteiger partial charge >= 0.3 is 51.4 Å². The third-order valence-electron chi connectivity index (χ3n) is 2.05. The summed E-state index contributed by atoms with van der Waals surface area (Å²) in [6, 6.07) is 6.66. The minimum atomic E-state index is -3.57. The maximum atomic E-state index is 11.0. The van der Waals surface area contributed by atoms with Crippen LogP contribution in [0.1, 0.15) is 26.3 Å². The summed E-state index contributed by atoms with van der Waals surface area (Å²) in [4.78, 5) is 0.158. The Morgan fingerprint density at radius 1 is 1.07 bits per heavy atom. The van der Waals surface area contributed by atoms with Gasteiger partial charge in [-0.05, 0) is 23.1 Å². The van der Waals surface area contributed by atoms with E-state index in [1.165, 1.54) is 12.1 Å². The van der Waals surface area contributed by atoms with Crippen molar-refractivity contribution in [2.45, 2.75) is 31.1 Å². The van der Waals surface area contributed by atoms with Gasteiger partial charge in [0.15, 0.2) is 0 Å². The van der Waals surface area contributed by atoms with Gasteiger partial charge in [-0.3, -0.25) is 0 Å². The molecule has 0 aliphatic heterocycles. The van der Waals surface area contributed by atoms with Crippen LogP contribution in [0.15, 0.2) is 29.2 Å². The molecule has 0 atom stereocenters. The Morgan fingerprint density at radius 2 is 1.47 bits per heavy atom. The molecule has 5 heteroatoms. The first-order valence-electron chi connectivity index (χ1n) is 4.34. The first kappa shape index (κ1) is 15.8. The summed E-state index contributed by atoms with van der Waals surface area (Å²) < 4.78 is 21.9. The number of rotatable bonds is 1. The van der Waals surface area contributed by atoms with Crippen molar-refractivity contribution in [2.75, 3.05) is 0 Å². The van der Waals surface area contributed by atoms with E-state index in [1.807, 2.05) is 0 Å². The van der Waals surface area contributed by atoms with E-state index in [9.17, 15) is 8.42 Å². The van der Waals surface area contributed by atoms with Gasteiger partial charge in [-0.25, -0.2) is 13.6 Å². The molecule has 0 heterocycles. The zero-order valence-corrected chi connectivity index (χ0v) is 9.43. The van der Waals surface area contributed by atoms with Gasteiger partial charge in [-0.2, -0.15) is 0 Å². The summed E-state index contributed by atoms with van der Waals surface area (Å²) in [5.41, 5.74) is 1.11. The Kier molecular flexibility index (Phi) is 5.67. The van der Waals surface area contributed by atoms with Crippen LogP contribution in [0, 0.1) is 0 Å². The SMILES string of the molecule is CC(C)(C)c1ccc(S(N)(=O)=O)cc1.[KH]. The van der Waals surface area contributed by atoms with E-state index >= 15 is 0 Å². The van der Waals surface area contributed by atoms with Crippen molar-refractivity contribution in [2.24, 2.45) is 5.14 Å². The van der Waals surface area contributed by atoms with Crippen molar-refractivity contribution in [3.05, 3.63) is 29.8 Å². The molecule has 0 aromatic heterocycles. The van der Waals surface area contributed by atoms with E-state index in [-0.39, 0.29) is 61.7 Å². The molecule has 0 bridgehead atoms. The quantitative estimate of drug-likeness (QED) is 0.759. The zero-order chi connectivity index (χ0) is 11.0. The Labute approximate surface area is 134 Å². The molecule has 0 aliphatic rings. The van der Waals surface area contributed by atoms with Crippen molar-refractivity contribution in [3.8, 4) is 0 Å². The second-order valence-electron chi connectivity index (χ2n) is 4.32. The van der Waals surface area contributed by atoms with Gasteiger partial charge < -0.3 is 0 Å². The first-order valence-corrected chi connectivity index (χ1v) is 5.89. The standard InChI is InChI=1S/C10H15NO2S.K.H/c1-10(2,3)8-4-6-9(7-5-8)14(11,12)13;;/h4-7H,1-3H3,(H2,11,12,13);;. The van der Waals surface area contributed by atoms with Crippen LogP contribution < -0.4 is 5.14 Å². The molecule has 3 nitrogen and oxygen atoms in total. The Hall–Kier alpha value is 0.766. The predicted octanol–water partition coefficient (Wildman–Crippen LogP) is 0.983. The molecule has 1 aromatic carbocycles. The van der Waals surface area contributed by atoms with Gasteiger partial charge in [0.2, 0.25) is 10.0 Å². The van der Waals surface area contributed by atoms with E-state index in [2.05, 4.69) is 20.8 Å². The molecule has 0 radical (unpaired) electrons. The first-order chi connectivity index (χ1) is 6.21. The van der Waals surface area contributed by atoms with E-state index in [0.29, 0.717) is 0 Å². The second-order valence-corrected chi connectivity index (χ2v) is 5.88. The molecular weight excluding hydrogens is 237 g/mol. The van der Waals surface area contributed by atoms with E-state index in [0.717, 1.165) is 5.56 Å². The fourth-order valence-corrected chi connectivity index (χ4v) is 1.66. The number of benzene rings is 1. The third-order valence-corrected chi connectivity index (χ3v) is 2.98. The van der Waals surface area contributed by atoms with Crippen LogP contribution >= 0.6 is 0 Å². The number of sulfonamides is 1. The predicted molar refractivity (Wildman–Crippen MR) is 63.7 cm³/mol. The summed E-state index contributed by atoms with van der Waals surface area (Å²) >= 11 is 0. The van der Waals surface area contributed by atoms with Crippen LogP contribution in [-0.4, -0.2) is 59.8 Å². The summed E-state index contributed by atoms with van der Waals surface area (Å²) in [5, 5.41) is 4.99. The summed E-state index contributed by atoms with van der Waals surface area (Å²) in [7, 11) is -3.57. The second kappa shape index (κ2) is 5.40. The van der Waals surface area contributed by atoms with Gasteiger partial charge in [0.1, 0.15) is 0 Å². The molecule has 0 spiro atoms. The molecule has 0 aliphatic carbocycles. The third kappa shape index (κ3) is 4.64. The summed E-state index contributed by atoms with van der Waals surface area (Å²) in [6.07, 6.45) is 0. The van der Waals surface area contributed by atoms with Crippen LogP contribution in [-0.2, 0) is 15.4 Å². The van der Waals surface area contributed by atoms with E-state index in [4.69, 9.17) is 5.14 Å². The van der Waals surface area contributed by atoms with Crippen molar-refractivity contribution in [1.82, 2.24) is 0 Å². The molecule has 0 unspecified atom stereocenters. The molecule has 0 saturated carbocycles. The van der Waals surface area contributed by atoms with Crippen LogP contribution in [0.2, 0.25) is 0 Å².